The second-order valence-electron chi connectivity index (χ2n) is 23.6. The van der Waals surface area contributed by atoms with Crippen LogP contribution >= 0.6 is 0 Å². The van der Waals surface area contributed by atoms with Gasteiger partial charge in [-0.3, -0.25) is 48.2 Å². The first-order valence-electron chi connectivity index (χ1n) is 30.2. The van der Waals surface area contributed by atoms with Crippen LogP contribution in [0.15, 0.2) is 66.7 Å². The number of aliphatic hydroxyl groups is 1. The van der Waals surface area contributed by atoms with Crippen LogP contribution < -0.4 is 21.3 Å². The molecule has 8 amide bonds. The Kier molecular flexibility index (Phi) is 25.5. The van der Waals surface area contributed by atoms with E-state index in [4.69, 9.17) is 9.47 Å². The molecule has 3 fully saturated rings. The van der Waals surface area contributed by atoms with Gasteiger partial charge in [0.1, 0.15) is 12.1 Å². The predicted octanol–water partition coefficient (Wildman–Crippen LogP) is 5.92. The molecule has 0 aromatic heterocycles. The number of nitrogens with zero attached hydrogens (tertiary/aromatic N) is 4. The van der Waals surface area contributed by atoms with E-state index in [9.17, 15) is 43.5 Å². The second-order valence-corrected chi connectivity index (χ2v) is 23.6. The number of carbonyl (C=O) groups is 8. The van der Waals surface area contributed by atoms with Crippen molar-refractivity contribution in [1.29, 1.82) is 0 Å². The summed E-state index contributed by atoms with van der Waals surface area (Å²) in [6.45, 7) is 11.8. The molecule has 3 aliphatic heterocycles. The Morgan fingerprint density at radius 1 is 0.780 bits per heavy atom. The number of benzene rings is 2. The van der Waals surface area contributed by atoms with E-state index in [1.165, 1.54) is 24.2 Å². The third-order valence-corrected chi connectivity index (χ3v) is 17.6. The van der Waals surface area contributed by atoms with Crippen molar-refractivity contribution in [2.24, 2.45) is 23.7 Å². The number of piperidine rings is 1. The van der Waals surface area contributed by atoms with Crippen molar-refractivity contribution < 1.29 is 52.9 Å². The number of likely N-dealkylation sites (tertiary alicyclic amines) is 2. The minimum absolute atomic E-state index is 0.0304. The van der Waals surface area contributed by atoms with Crippen LogP contribution in [-0.2, 0) is 60.8 Å². The minimum atomic E-state index is -0.975. The molecule has 19 nitrogen and oxygen atoms in total. The van der Waals surface area contributed by atoms with Crippen molar-refractivity contribution in [2.75, 3.05) is 52.8 Å². The maximum absolute atomic E-state index is 14.8. The fraction of sp³-hybridized carbons (Fsp3) is 0.651. The van der Waals surface area contributed by atoms with E-state index in [2.05, 4.69) is 26.2 Å². The summed E-state index contributed by atoms with van der Waals surface area (Å²) in [5.41, 5.74) is 2.16. The zero-order valence-corrected chi connectivity index (χ0v) is 49.9. The third-order valence-electron chi connectivity index (χ3n) is 17.6. The Hall–Kier alpha value is -6.02. The smallest absolute Gasteiger partial charge is 0.253 e. The first-order chi connectivity index (χ1) is 39.4. The highest BCUT2D eigenvalue weighted by atomic mass is 16.5. The minimum Gasteiger partial charge on any atom is -0.396 e. The Morgan fingerprint density at radius 2 is 1.46 bits per heavy atom. The number of methoxy groups -OCH3 is 2. The molecule has 1 aliphatic carbocycles. The lowest BCUT2D eigenvalue weighted by Gasteiger charge is -2.41. The standard InChI is InChI=1S/C63H94N8O11/c1-9-42(4)57(68(6)63(80)56(41(2)3)67-62(79)58-46-27-30-48(38-46)69(58)33-17-10-11-19-36-72)51(81-7)39-55(76)70-35-20-23-50(70)59(82-8)43(5)60(77)66-49(37-44-21-14-12-15-22-44)61(78)65-47-28-25-45(26-29-47)40-64-52(73)24-16-13-18-34-71-53(74)31-32-54(71)75/h12,14-15,21-22,25-26,28-29,31-32,41-43,46,48-51,56-59,72H,9-11,13,16-20,23-24,27,30,33-40H2,1-8H3,(H,64,73)(H,65,78)(H,66,77)(H,67,79)/t42-,43+,46?,48-,49-,50-,51+,56-,57-,58-,59+/m0/s1. The number of fused-ring (bicyclic) bond motifs is 2. The normalized spacial score (nSPS) is 21.2. The number of likely N-dealkylation sites (N-methyl/N-ethyl adjacent to an activating group) is 1. The van der Waals surface area contributed by atoms with E-state index in [1.54, 1.807) is 55.1 Å². The second kappa shape index (κ2) is 32.1. The maximum atomic E-state index is 14.8. The van der Waals surface area contributed by atoms with E-state index >= 15 is 0 Å². The Bertz CT molecular complexity index is 2460. The van der Waals surface area contributed by atoms with Crippen molar-refractivity contribution >= 4 is 52.9 Å². The highest BCUT2D eigenvalue weighted by Crippen LogP contribution is 2.43. The van der Waals surface area contributed by atoms with Gasteiger partial charge in [0.2, 0.25) is 35.4 Å². The van der Waals surface area contributed by atoms with Crippen LogP contribution in [0.25, 0.3) is 0 Å². The molecule has 1 saturated carbocycles. The number of rotatable bonds is 34. The molecule has 4 aliphatic rings. The summed E-state index contributed by atoms with van der Waals surface area (Å²) in [5, 5.41) is 21.3. The highest BCUT2D eigenvalue weighted by molar-refractivity contribution is 6.12. The van der Waals surface area contributed by atoms with Gasteiger partial charge in [-0.25, -0.2) is 0 Å². The lowest BCUT2D eigenvalue weighted by molar-refractivity contribution is -0.148. The van der Waals surface area contributed by atoms with Crippen LogP contribution in [0.2, 0.25) is 0 Å². The Balaban J connectivity index is 1.05. The lowest BCUT2D eigenvalue weighted by Crippen LogP contribution is -2.60. The number of imide groups is 1. The van der Waals surface area contributed by atoms with Crippen LogP contribution in [0.5, 0.6) is 0 Å². The van der Waals surface area contributed by atoms with Crippen LogP contribution in [0.1, 0.15) is 142 Å². The SMILES string of the molecule is CC[C@H](C)[C@@H]([C@@H](CC(=O)N1CCC[C@H]1[C@H](OC)[C@@H](C)C(=O)N[C@@H](Cc1ccccc1)C(=O)Nc1ccc(CNC(=O)CCCCCN2C(=O)C=CC2=O)cc1)OC)N(C)C(=O)[C@@H](NC(=O)[C@@H]1C2CC[C@@H](C2)N1CCCCCCO)C(C)C. The molecule has 1 unspecified atom stereocenters. The van der Waals surface area contributed by atoms with Gasteiger partial charge in [-0.15, -0.1) is 0 Å². The van der Waals surface area contributed by atoms with Crippen molar-refractivity contribution in [3.05, 3.63) is 77.9 Å². The van der Waals surface area contributed by atoms with Crippen LogP contribution in [-0.4, -0.2) is 168 Å². The number of unbranched alkanes of at least 4 members (excludes halogenated alkanes) is 5. The van der Waals surface area contributed by atoms with E-state index in [-0.39, 0.29) is 85.2 Å². The van der Waals surface area contributed by atoms with Crippen molar-refractivity contribution in [3.63, 3.8) is 0 Å². The summed E-state index contributed by atoms with van der Waals surface area (Å²) in [5.74, 6) is -2.92. The predicted molar refractivity (Wildman–Crippen MR) is 313 cm³/mol. The summed E-state index contributed by atoms with van der Waals surface area (Å²) < 4.78 is 12.3. The molecule has 2 aromatic rings. The molecule has 82 heavy (non-hydrogen) atoms. The van der Waals surface area contributed by atoms with E-state index in [1.807, 2.05) is 58.0 Å². The molecule has 2 aromatic carbocycles. The largest absolute Gasteiger partial charge is 0.396 e. The number of hydrogen-bond donors (Lipinski definition) is 5. The summed E-state index contributed by atoms with van der Waals surface area (Å²) in [4.78, 5) is 115. The summed E-state index contributed by atoms with van der Waals surface area (Å²) in [6, 6.07) is 13.8. The topological polar surface area (TPSA) is 236 Å². The summed E-state index contributed by atoms with van der Waals surface area (Å²) in [7, 11) is 4.84. The van der Waals surface area contributed by atoms with E-state index in [0.717, 1.165) is 62.6 Å². The number of aliphatic hydroxyl groups excluding tert-OH is 1. The van der Waals surface area contributed by atoms with Crippen molar-refractivity contribution in [2.45, 2.75) is 192 Å². The first-order valence-corrected chi connectivity index (χ1v) is 30.2. The quantitative estimate of drug-likeness (QED) is 0.0406. The lowest BCUT2D eigenvalue weighted by atomic mass is 9.89. The van der Waals surface area contributed by atoms with Gasteiger partial charge >= 0.3 is 0 Å². The van der Waals surface area contributed by atoms with Crippen LogP contribution in [0.4, 0.5) is 5.69 Å². The van der Waals surface area contributed by atoms with Gasteiger partial charge in [-0.1, -0.05) is 103 Å². The third kappa shape index (κ3) is 17.5. The zero-order chi connectivity index (χ0) is 59.5. The molecule has 5 N–H and O–H groups in total. The number of amides is 8. The molecule has 3 heterocycles. The molecule has 2 bridgehead atoms. The Labute approximate surface area is 486 Å². The van der Waals surface area contributed by atoms with E-state index < -0.39 is 54.1 Å². The number of nitrogens with one attached hydrogen (secondary N) is 4. The van der Waals surface area contributed by atoms with Gasteiger partial charge in [0.25, 0.3) is 11.8 Å². The molecule has 452 valence electrons. The van der Waals surface area contributed by atoms with Gasteiger partial charge in [-0.05, 0) is 105 Å². The fourth-order valence-electron chi connectivity index (χ4n) is 12.8. The monoisotopic (exact) mass is 1140 g/mol. The van der Waals surface area contributed by atoms with Gasteiger partial charge in [0.05, 0.1) is 42.7 Å². The summed E-state index contributed by atoms with van der Waals surface area (Å²) >= 11 is 0. The number of hydrogen-bond acceptors (Lipinski definition) is 12. The highest BCUT2D eigenvalue weighted by Gasteiger charge is 2.50. The number of ether oxygens (including phenoxy) is 2. The molecular weight excluding hydrogens is 1040 g/mol. The van der Waals surface area contributed by atoms with E-state index in [0.29, 0.717) is 69.8 Å². The average Bonchev–Trinajstić information content (AvgIpc) is 4.44. The molecular formula is C63H94N8O11. The van der Waals surface area contributed by atoms with Crippen molar-refractivity contribution in [3.8, 4) is 0 Å². The summed E-state index contributed by atoms with van der Waals surface area (Å²) in [6.07, 6.45) is 12.2. The molecule has 19 heteroatoms. The number of carbonyl (C=O) groups excluding carboxylic acids is 8. The van der Waals surface area contributed by atoms with Gasteiger partial charge in [0.15, 0.2) is 0 Å². The van der Waals surface area contributed by atoms with Gasteiger partial charge < -0.3 is 45.6 Å². The molecule has 0 radical (unpaired) electrons. The maximum Gasteiger partial charge on any atom is 0.253 e. The van der Waals surface area contributed by atoms with Crippen LogP contribution in [0, 0.1) is 23.7 Å². The average molecular weight is 1140 g/mol. The molecule has 11 atom stereocenters. The van der Waals surface area contributed by atoms with Gasteiger partial charge in [-0.2, -0.15) is 0 Å². The Morgan fingerprint density at radius 3 is 2.12 bits per heavy atom. The molecule has 2 saturated heterocycles. The van der Waals surface area contributed by atoms with Crippen LogP contribution in [0.3, 0.4) is 0 Å². The first kappa shape index (κ1) is 65.1. The molecule has 0 spiro atoms. The van der Waals surface area contributed by atoms with Gasteiger partial charge in [0, 0.05) is 84.2 Å². The van der Waals surface area contributed by atoms with Crippen molar-refractivity contribution in [1.82, 2.24) is 35.6 Å². The zero-order valence-electron chi connectivity index (χ0n) is 49.9. The fourth-order valence-corrected chi connectivity index (χ4v) is 12.8. The number of anilines is 1. The molecule has 6 rings (SSSR count).